The quantitative estimate of drug-likeness (QED) is 0.622. The summed E-state index contributed by atoms with van der Waals surface area (Å²) in [6.45, 7) is 0. The summed E-state index contributed by atoms with van der Waals surface area (Å²) in [6.07, 6.45) is 3.37. The number of pyridine rings is 1. The Labute approximate surface area is 145 Å². The Morgan fingerprint density at radius 1 is 0.880 bits per heavy atom. The maximum Gasteiger partial charge on any atom is 0.252 e. The van der Waals surface area contributed by atoms with Gasteiger partial charge >= 0.3 is 0 Å². The number of imidazole rings is 1. The minimum atomic E-state index is -0.554. The summed E-state index contributed by atoms with van der Waals surface area (Å²) in [5.74, 6) is -0.137. The van der Waals surface area contributed by atoms with E-state index in [0.717, 1.165) is 16.8 Å². The van der Waals surface area contributed by atoms with Crippen molar-refractivity contribution in [3.63, 3.8) is 0 Å². The summed E-state index contributed by atoms with van der Waals surface area (Å²) in [5.41, 5.74) is 3.07. The van der Waals surface area contributed by atoms with Gasteiger partial charge in [0.25, 0.3) is 5.91 Å². The molecular formula is C20H16N4O. The number of hydrogen-bond donors (Lipinski definition) is 1. The third-order valence-corrected chi connectivity index (χ3v) is 4.02. The highest BCUT2D eigenvalue weighted by Gasteiger charge is 2.24. The molecule has 4 rings (SSSR count). The number of fused-ring (bicyclic) bond motifs is 1. The molecule has 0 spiro atoms. The maximum absolute atomic E-state index is 13.1. The summed E-state index contributed by atoms with van der Waals surface area (Å²) >= 11 is 0. The molecule has 2 aromatic carbocycles. The number of benzene rings is 2. The van der Waals surface area contributed by atoms with Crippen LogP contribution in [0, 0.1) is 0 Å². The number of amides is 1. The van der Waals surface area contributed by atoms with Crippen molar-refractivity contribution in [1.29, 1.82) is 0 Å². The van der Waals surface area contributed by atoms with Crippen LogP contribution in [0.25, 0.3) is 11.2 Å². The van der Waals surface area contributed by atoms with Crippen LogP contribution in [0.1, 0.15) is 11.6 Å². The van der Waals surface area contributed by atoms with Gasteiger partial charge in [-0.1, -0.05) is 48.5 Å². The highest BCUT2D eigenvalue weighted by Crippen LogP contribution is 2.24. The fraction of sp³-hybridized carbons (Fsp3) is 0.0500. The zero-order valence-electron chi connectivity index (χ0n) is 13.4. The molecule has 0 fully saturated rings. The molecule has 122 valence electrons. The minimum Gasteiger partial charge on any atom is -0.324 e. The molecule has 1 atom stereocenters. The molecule has 0 aliphatic rings. The van der Waals surface area contributed by atoms with Gasteiger partial charge in [0.2, 0.25) is 0 Å². The van der Waals surface area contributed by atoms with Gasteiger partial charge in [-0.05, 0) is 29.8 Å². The number of carbonyl (C=O) groups is 1. The summed E-state index contributed by atoms with van der Waals surface area (Å²) in [4.78, 5) is 21.8. The lowest BCUT2D eigenvalue weighted by molar-refractivity contribution is -0.118. The van der Waals surface area contributed by atoms with Crippen molar-refractivity contribution in [2.24, 2.45) is 0 Å². The zero-order chi connectivity index (χ0) is 17.1. The standard InChI is InChI=1S/C20H16N4O/c25-20(23-16-10-5-2-6-11-16)18(15-8-3-1-4-9-15)24-14-22-17-12-7-13-21-19(17)24/h1-14,18H,(H,23,25). The van der Waals surface area contributed by atoms with Crippen LogP contribution in [-0.4, -0.2) is 20.4 Å². The van der Waals surface area contributed by atoms with Gasteiger partial charge in [-0.15, -0.1) is 0 Å². The second kappa shape index (κ2) is 6.57. The van der Waals surface area contributed by atoms with Crippen LogP contribution in [0.5, 0.6) is 0 Å². The molecule has 2 aromatic heterocycles. The summed E-state index contributed by atoms with van der Waals surface area (Å²) in [6, 6.07) is 22.2. The molecule has 0 bridgehead atoms. The van der Waals surface area contributed by atoms with E-state index in [4.69, 9.17) is 0 Å². The molecule has 0 aliphatic heterocycles. The van der Waals surface area contributed by atoms with E-state index in [1.807, 2.05) is 77.4 Å². The Bertz CT molecular complexity index is 996. The average molecular weight is 328 g/mol. The van der Waals surface area contributed by atoms with Gasteiger partial charge in [0.1, 0.15) is 11.6 Å². The van der Waals surface area contributed by atoms with Crippen LogP contribution >= 0.6 is 0 Å². The first-order valence-electron chi connectivity index (χ1n) is 8.01. The lowest BCUT2D eigenvalue weighted by Gasteiger charge is -2.19. The van der Waals surface area contributed by atoms with E-state index in [2.05, 4.69) is 15.3 Å². The highest BCUT2D eigenvalue weighted by molar-refractivity contribution is 5.96. The smallest absolute Gasteiger partial charge is 0.252 e. The molecule has 5 heteroatoms. The number of para-hydroxylation sites is 1. The third kappa shape index (κ3) is 2.99. The van der Waals surface area contributed by atoms with Gasteiger partial charge in [-0.2, -0.15) is 0 Å². The minimum absolute atomic E-state index is 0.137. The van der Waals surface area contributed by atoms with Crippen molar-refractivity contribution in [2.45, 2.75) is 6.04 Å². The highest BCUT2D eigenvalue weighted by atomic mass is 16.2. The molecule has 2 heterocycles. The number of anilines is 1. The summed E-state index contributed by atoms with van der Waals surface area (Å²) in [5, 5.41) is 2.98. The fourth-order valence-corrected chi connectivity index (χ4v) is 2.86. The number of carbonyl (C=O) groups excluding carboxylic acids is 1. The Morgan fingerprint density at radius 2 is 1.60 bits per heavy atom. The predicted octanol–water partition coefficient (Wildman–Crippen LogP) is 3.66. The van der Waals surface area contributed by atoms with E-state index < -0.39 is 6.04 Å². The molecule has 1 amide bonds. The van der Waals surface area contributed by atoms with E-state index >= 15 is 0 Å². The van der Waals surface area contributed by atoms with Crippen molar-refractivity contribution >= 4 is 22.8 Å². The van der Waals surface area contributed by atoms with Gasteiger partial charge in [0.15, 0.2) is 5.65 Å². The normalized spacial score (nSPS) is 12.0. The monoisotopic (exact) mass is 328 g/mol. The van der Waals surface area contributed by atoms with Crippen molar-refractivity contribution in [3.05, 3.63) is 90.9 Å². The lowest BCUT2D eigenvalue weighted by atomic mass is 10.1. The number of nitrogens with zero attached hydrogens (tertiary/aromatic N) is 3. The van der Waals surface area contributed by atoms with Crippen LogP contribution < -0.4 is 5.32 Å². The molecule has 0 radical (unpaired) electrons. The lowest BCUT2D eigenvalue weighted by Crippen LogP contribution is -2.26. The van der Waals surface area contributed by atoms with Crippen molar-refractivity contribution < 1.29 is 4.79 Å². The predicted molar refractivity (Wildman–Crippen MR) is 97.2 cm³/mol. The zero-order valence-corrected chi connectivity index (χ0v) is 13.4. The topological polar surface area (TPSA) is 59.8 Å². The first-order chi connectivity index (χ1) is 12.3. The second-order valence-electron chi connectivity index (χ2n) is 5.67. The van der Waals surface area contributed by atoms with Crippen molar-refractivity contribution in [3.8, 4) is 0 Å². The largest absolute Gasteiger partial charge is 0.324 e. The molecule has 1 unspecified atom stereocenters. The Hall–Kier alpha value is -3.47. The molecular weight excluding hydrogens is 312 g/mol. The van der Waals surface area contributed by atoms with Crippen LogP contribution in [0.4, 0.5) is 5.69 Å². The van der Waals surface area contributed by atoms with Crippen LogP contribution in [0.15, 0.2) is 85.3 Å². The first-order valence-corrected chi connectivity index (χ1v) is 8.01. The molecule has 0 saturated carbocycles. The maximum atomic E-state index is 13.1. The number of nitrogens with one attached hydrogen (secondary N) is 1. The summed E-state index contributed by atoms with van der Waals surface area (Å²) < 4.78 is 1.81. The van der Waals surface area contributed by atoms with E-state index in [1.165, 1.54) is 0 Å². The van der Waals surface area contributed by atoms with Crippen molar-refractivity contribution in [2.75, 3.05) is 5.32 Å². The van der Waals surface area contributed by atoms with Crippen LogP contribution in [0.3, 0.4) is 0 Å². The number of aromatic nitrogens is 3. The van der Waals surface area contributed by atoms with Gasteiger partial charge in [0.05, 0.1) is 6.33 Å². The van der Waals surface area contributed by atoms with Gasteiger partial charge < -0.3 is 5.32 Å². The van der Waals surface area contributed by atoms with E-state index in [-0.39, 0.29) is 5.91 Å². The van der Waals surface area contributed by atoms with E-state index in [0.29, 0.717) is 5.65 Å². The van der Waals surface area contributed by atoms with Crippen LogP contribution in [0.2, 0.25) is 0 Å². The fourth-order valence-electron chi connectivity index (χ4n) is 2.86. The first kappa shape index (κ1) is 15.1. The summed E-state index contributed by atoms with van der Waals surface area (Å²) in [7, 11) is 0. The second-order valence-corrected chi connectivity index (χ2v) is 5.67. The SMILES string of the molecule is O=C(Nc1ccccc1)C(c1ccccc1)n1cnc2cccnc21. The molecule has 4 aromatic rings. The molecule has 0 saturated heterocycles. The Balaban J connectivity index is 1.78. The Kier molecular flexibility index (Phi) is 3.96. The van der Waals surface area contributed by atoms with E-state index in [1.54, 1.807) is 12.5 Å². The molecule has 1 N–H and O–H groups in total. The Morgan fingerprint density at radius 3 is 2.36 bits per heavy atom. The van der Waals surface area contributed by atoms with Crippen LogP contribution in [-0.2, 0) is 4.79 Å². The van der Waals surface area contributed by atoms with Gasteiger partial charge in [0, 0.05) is 11.9 Å². The number of rotatable bonds is 4. The molecule has 5 nitrogen and oxygen atoms in total. The van der Waals surface area contributed by atoms with Gasteiger partial charge in [-0.3, -0.25) is 9.36 Å². The third-order valence-electron chi connectivity index (χ3n) is 4.02. The molecule has 0 aliphatic carbocycles. The van der Waals surface area contributed by atoms with Crippen molar-refractivity contribution in [1.82, 2.24) is 14.5 Å². The van der Waals surface area contributed by atoms with E-state index in [9.17, 15) is 4.79 Å². The molecule has 25 heavy (non-hydrogen) atoms. The number of hydrogen-bond acceptors (Lipinski definition) is 3. The average Bonchev–Trinajstić information content (AvgIpc) is 3.08. The van der Waals surface area contributed by atoms with Gasteiger partial charge in [-0.25, -0.2) is 9.97 Å².